The SMILES string of the molecule is CNCCCC(=O)N1CCCN(C(=O)c2ccccc2)CC1.Cl. The quantitative estimate of drug-likeness (QED) is 0.832. The second-order valence-corrected chi connectivity index (χ2v) is 5.60. The second-order valence-electron chi connectivity index (χ2n) is 5.60. The fraction of sp³-hybridized carbons (Fsp3) is 0.529. The first-order valence-electron chi connectivity index (χ1n) is 7.99. The molecule has 5 nitrogen and oxygen atoms in total. The van der Waals surface area contributed by atoms with E-state index in [0.717, 1.165) is 31.5 Å². The molecule has 1 heterocycles. The predicted molar refractivity (Wildman–Crippen MR) is 94.0 cm³/mol. The van der Waals surface area contributed by atoms with Crippen molar-refractivity contribution in [3.63, 3.8) is 0 Å². The Morgan fingerprint density at radius 2 is 1.70 bits per heavy atom. The minimum Gasteiger partial charge on any atom is -0.341 e. The fourth-order valence-corrected chi connectivity index (χ4v) is 2.71. The summed E-state index contributed by atoms with van der Waals surface area (Å²) in [6.07, 6.45) is 2.28. The molecule has 2 rings (SSSR count). The zero-order valence-electron chi connectivity index (χ0n) is 13.7. The predicted octanol–water partition coefficient (Wildman–Crippen LogP) is 1.78. The maximum atomic E-state index is 12.5. The van der Waals surface area contributed by atoms with Crippen molar-refractivity contribution in [1.82, 2.24) is 15.1 Å². The fourth-order valence-electron chi connectivity index (χ4n) is 2.71. The first-order chi connectivity index (χ1) is 10.7. The number of nitrogens with zero attached hydrogens (tertiary/aromatic N) is 2. The number of hydrogen-bond acceptors (Lipinski definition) is 3. The topological polar surface area (TPSA) is 52.7 Å². The highest BCUT2D eigenvalue weighted by molar-refractivity contribution is 5.94. The third-order valence-corrected chi connectivity index (χ3v) is 3.97. The summed E-state index contributed by atoms with van der Waals surface area (Å²) in [6.45, 7) is 3.58. The molecule has 128 valence electrons. The summed E-state index contributed by atoms with van der Waals surface area (Å²) in [6, 6.07) is 9.35. The van der Waals surface area contributed by atoms with Crippen LogP contribution in [0.4, 0.5) is 0 Å². The molecule has 0 spiro atoms. The monoisotopic (exact) mass is 339 g/mol. The third kappa shape index (κ3) is 5.84. The third-order valence-electron chi connectivity index (χ3n) is 3.97. The van der Waals surface area contributed by atoms with Crippen LogP contribution in [0.15, 0.2) is 30.3 Å². The highest BCUT2D eigenvalue weighted by atomic mass is 35.5. The van der Waals surface area contributed by atoms with Gasteiger partial charge in [0.15, 0.2) is 0 Å². The summed E-state index contributed by atoms with van der Waals surface area (Å²) in [5.74, 6) is 0.259. The number of carbonyl (C=O) groups is 2. The van der Waals surface area contributed by atoms with Crippen LogP contribution in [-0.2, 0) is 4.79 Å². The van der Waals surface area contributed by atoms with Crippen LogP contribution in [0.3, 0.4) is 0 Å². The highest BCUT2D eigenvalue weighted by Crippen LogP contribution is 2.10. The van der Waals surface area contributed by atoms with Gasteiger partial charge in [-0.15, -0.1) is 12.4 Å². The van der Waals surface area contributed by atoms with Crippen LogP contribution >= 0.6 is 12.4 Å². The molecule has 1 aromatic rings. The summed E-state index contributed by atoms with van der Waals surface area (Å²) in [5, 5.41) is 3.05. The van der Waals surface area contributed by atoms with Crippen LogP contribution in [0.25, 0.3) is 0 Å². The van der Waals surface area contributed by atoms with Crippen molar-refractivity contribution in [2.24, 2.45) is 0 Å². The van der Waals surface area contributed by atoms with Crippen molar-refractivity contribution in [1.29, 1.82) is 0 Å². The van der Waals surface area contributed by atoms with E-state index in [1.54, 1.807) is 0 Å². The van der Waals surface area contributed by atoms with E-state index >= 15 is 0 Å². The summed E-state index contributed by atoms with van der Waals surface area (Å²) in [5.41, 5.74) is 0.719. The molecule has 0 unspecified atom stereocenters. The lowest BCUT2D eigenvalue weighted by molar-refractivity contribution is -0.131. The van der Waals surface area contributed by atoms with Crippen LogP contribution in [0, 0.1) is 0 Å². The lowest BCUT2D eigenvalue weighted by Crippen LogP contribution is -2.37. The van der Waals surface area contributed by atoms with E-state index in [1.165, 1.54) is 0 Å². The first-order valence-corrected chi connectivity index (χ1v) is 7.99. The Labute approximate surface area is 144 Å². The second kappa shape index (κ2) is 10.2. The summed E-state index contributed by atoms with van der Waals surface area (Å²) < 4.78 is 0. The Hall–Kier alpha value is -1.59. The minimum absolute atomic E-state index is 0. The van der Waals surface area contributed by atoms with Crippen LogP contribution in [0.2, 0.25) is 0 Å². The van der Waals surface area contributed by atoms with E-state index in [1.807, 2.05) is 47.2 Å². The Morgan fingerprint density at radius 3 is 2.39 bits per heavy atom. The van der Waals surface area contributed by atoms with Gasteiger partial charge in [-0.25, -0.2) is 0 Å². The van der Waals surface area contributed by atoms with Crippen molar-refractivity contribution < 1.29 is 9.59 Å². The van der Waals surface area contributed by atoms with Gasteiger partial charge in [0.05, 0.1) is 0 Å². The van der Waals surface area contributed by atoms with Crippen LogP contribution in [0.5, 0.6) is 0 Å². The molecule has 1 aliphatic rings. The van der Waals surface area contributed by atoms with Gasteiger partial charge in [0.1, 0.15) is 0 Å². The zero-order valence-corrected chi connectivity index (χ0v) is 14.5. The van der Waals surface area contributed by atoms with Gasteiger partial charge < -0.3 is 15.1 Å². The molecular formula is C17H26ClN3O2. The Morgan fingerprint density at radius 1 is 1.04 bits per heavy atom. The molecule has 0 aromatic heterocycles. The molecular weight excluding hydrogens is 314 g/mol. The standard InChI is InChI=1S/C17H25N3O2.ClH/c1-18-10-5-9-16(21)19-11-6-12-20(14-13-19)17(22)15-7-3-2-4-8-15;/h2-4,7-8,18H,5-6,9-14H2,1H3;1H. The van der Waals surface area contributed by atoms with Crippen LogP contribution in [-0.4, -0.2) is 61.4 Å². The molecule has 1 saturated heterocycles. The first kappa shape index (κ1) is 19.5. The molecule has 6 heteroatoms. The van der Waals surface area contributed by atoms with Crippen molar-refractivity contribution in [2.45, 2.75) is 19.3 Å². The Kier molecular flexibility index (Phi) is 8.66. The zero-order chi connectivity index (χ0) is 15.8. The number of hydrogen-bond donors (Lipinski definition) is 1. The summed E-state index contributed by atoms with van der Waals surface area (Å²) >= 11 is 0. The average molecular weight is 340 g/mol. The van der Waals surface area contributed by atoms with Crippen molar-refractivity contribution in [3.8, 4) is 0 Å². The molecule has 2 amide bonds. The number of rotatable bonds is 5. The van der Waals surface area contributed by atoms with Gasteiger partial charge in [-0.05, 0) is 38.6 Å². The van der Waals surface area contributed by atoms with Gasteiger partial charge in [-0.3, -0.25) is 9.59 Å². The summed E-state index contributed by atoms with van der Waals surface area (Å²) in [7, 11) is 1.89. The number of amides is 2. The van der Waals surface area contributed by atoms with Gasteiger partial charge >= 0.3 is 0 Å². The molecule has 1 fully saturated rings. The summed E-state index contributed by atoms with van der Waals surface area (Å²) in [4.78, 5) is 28.4. The Balaban J connectivity index is 0.00000264. The van der Waals surface area contributed by atoms with Crippen LogP contribution < -0.4 is 5.32 Å². The van der Waals surface area contributed by atoms with Gasteiger partial charge in [-0.2, -0.15) is 0 Å². The smallest absolute Gasteiger partial charge is 0.253 e. The normalized spacial score (nSPS) is 14.8. The van der Waals surface area contributed by atoms with Crippen molar-refractivity contribution in [2.75, 3.05) is 39.8 Å². The van der Waals surface area contributed by atoms with E-state index in [9.17, 15) is 9.59 Å². The van der Waals surface area contributed by atoms with Gasteiger partial charge in [0.2, 0.25) is 5.91 Å². The minimum atomic E-state index is 0. The molecule has 1 aliphatic heterocycles. The van der Waals surface area contributed by atoms with Gasteiger partial charge in [0.25, 0.3) is 5.91 Å². The number of nitrogens with one attached hydrogen (secondary N) is 1. The molecule has 0 bridgehead atoms. The van der Waals surface area contributed by atoms with Crippen LogP contribution in [0.1, 0.15) is 29.6 Å². The number of benzene rings is 1. The lowest BCUT2D eigenvalue weighted by atomic mass is 10.2. The highest BCUT2D eigenvalue weighted by Gasteiger charge is 2.22. The molecule has 1 N–H and O–H groups in total. The maximum Gasteiger partial charge on any atom is 0.253 e. The lowest BCUT2D eigenvalue weighted by Gasteiger charge is -2.22. The van der Waals surface area contributed by atoms with E-state index < -0.39 is 0 Å². The van der Waals surface area contributed by atoms with Crippen molar-refractivity contribution in [3.05, 3.63) is 35.9 Å². The van der Waals surface area contributed by atoms with Gasteiger partial charge in [-0.1, -0.05) is 18.2 Å². The van der Waals surface area contributed by atoms with E-state index in [0.29, 0.717) is 26.1 Å². The Bertz CT molecular complexity index is 496. The average Bonchev–Trinajstić information content (AvgIpc) is 2.81. The molecule has 0 saturated carbocycles. The number of halogens is 1. The maximum absolute atomic E-state index is 12.5. The molecule has 1 aromatic carbocycles. The van der Waals surface area contributed by atoms with E-state index in [2.05, 4.69) is 5.32 Å². The molecule has 0 aliphatic carbocycles. The van der Waals surface area contributed by atoms with E-state index in [-0.39, 0.29) is 24.2 Å². The number of carbonyl (C=O) groups excluding carboxylic acids is 2. The molecule has 23 heavy (non-hydrogen) atoms. The van der Waals surface area contributed by atoms with Gasteiger partial charge in [0, 0.05) is 38.2 Å². The molecule has 0 radical (unpaired) electrons. The largest absolute Gasteiger partial charge is 0.341 e. The van der Waals surface area contributed by atoms with Crippen molar-refractivity contribution >= 4 is 24.2 Å². The molecule has 0 atom stereocenters. The van der Waals surface area contributed by atoms with E-state index in [4.69, 9.17) is 0 Å².